The molecular formula is C18H20N2O. The van der Waals surface area contributed by atoms with Gasteiger partial charge in [-0.2, -0.15) is 5.26 Å². The number of fused-ring (bicyclic) bond motifs is 1. The van der Waals surface area contributed by atoms with Crippen LogP contribution in [0.5, 0.6) is 0 Å². The zero-order valence-corrected chi connectivity index (χ0v) is 12.6. The number of ketones is 1. The number of nitrogens with zero attached hydrogens (tertiary/aromatic N) is 2. The summed E-state index contributed by atoms with van der Waals surface area (Å²) in [5, 5.41) is 9.43. The van der Waals surface area contributed by atoms with Gasteiger partial charge in [-0.1, -0.05) is 32.0 Å². The molecule has 1 aliphatic carbocycles. The Hall–Kier alpha value is -2.08. The van der Waals surface area contributed by atoms with E-state index in [1.807, 2.05) is 6.07 Å². The van der Waals surface area contributed by atoms with Gasteiger partial charge >= 0.3 is 0 Å². The maximum absolute atomic E-state index is 12.3. The minimum absolute atomic E-state index is 0.00759. The number of hydrogen-bond acceptors (Lipinski definition) is 3. The van der Waals surface area contributed by atoms with E-state index in [0.717, 1.165) is 37.2 Å². The van der Waals surface area contributed by atoms with E-state index in [9.17, 15) is 10.1 Å². The smallest absolute Gasteiger partial charge is 0.175 e. The van der Waals surface area contributed by atoms with Gasteiger partial charge in [0.2, 0.25) is 0 Å². The highest BCUT2D eigenvalue weighted by atomic mass is 16.1. The summed E-state index contributed by atoms with van der Waals surface area (Å²) in [4.78, 5) is 14.5. The lowest BCUT2D eigenvalue weighted by Gasteiger charge is -2.39. The molecule has 0 bridgehead atoms. The molecule has 1 aromatic carbocycles. The Labute approximate surface area is 125 Å². The first-order chi connectivity index (χ1) is 10.0. The number of aryl methyl sites for hydroxylation is 1. The minimum atomic E-state index is -0.0703. The number of rotatable bonds is 1. The van der Waals surface area contributed by atoms with E-state index in [-0.39, 0.29) is 11.2 Å². The molecular weight excluding hydrogens is 260 g/mol. The second-order valence-electron chi connectivity index (χ2n) is 6.76. The van der Waals surface area contributed by atoms with Gasteiger partial charge in [-0.25, -0.2) is 0 Å². The monoisotopic (exact) mass is 280 g/mol. The van der Waals surface area contributed by atoms with E-state index in [4.69, 9.17) is 0 Å². The Balaban J connectivity index is 2.11. The number of Topliss-reactive ketones (excluding diaryl/α,β-unsaturated/α-hetero) is 1. The number of benzene rings is 1. The van der Waals surface area contributed by atoms with Crippen molar-refractivity contribution in [2.75, 3.05) is 11.4 Å². The Morgan fingerprint density at radius 2 is 2.00 bits per heavy atom. The SMILES string of the molecule is CC1(C)CC(=O)C(C#N)=C(N2CCCc3ccccc32)C1. The van der Waals surface area contributed by atoms with Crippen LogP contribution in [0.2, 0.25) is 0 Å². The molecule has 0 aromatic heterocycles. The standard InChI is InChI=1S/C18H20N2O/c1-18(2)10-16(14(12-19)17(21)11-18)20-9-5-7-13-6-3-4-8-15(13)20/h3-4,6,8H,5,7,9-11H2,1-2H3. The van der Waals surface area contributed by atoms with E-state index in [1.54, 1.807) is 0 Å². The molecule has 0 saturated heterocycles. The molecule has 21 heavy (non-hydrogen) atoms. The third kappa shape index (κ3) is 2.47. The molecule has 0 fully saturated rings. The van der Waals surface area contributed by atoms with E-state index < -0.39 is 0 Å². The van der Waals surface area contributed by atoms with Crippen molar-refractivity contribution in [1.29, 1.82) is 5.26 Å². The molecule has 1 heterocycles. The molecule has 108 valence electrons. The third-order valence-electron chi connectivity index (χ3n) is 4.40. The van der Waals surface area contributed by atoms with Gasteiger partial charge in [0, 0.05) is 24.4 Å². The van der Waals surface area contributed by atoms with E-state index in [1.165, 1.54) is 5.56 Å². The summed E-state index contributed by atoms with van der Waals surface area (Å²) in [5.41, 5.74) is 3.69. The zero-order chi connectivity index (χ0) is 15.0. The molecule has 1 aromatic rings. The van der Waals surface area contributed by atoms with Gasteiger partial charge < -0.3 is 4.90 Å². The van der Waals surface area contributed by atoms with Crippen LogP contribution in [-0.4, -0.2) is 12.3 Å². The third-order valence-corrected chi connectivity index (χ3v) is 4.40. The van der Waals surface area contributed by atoms with Crippen LogP contribution in [0.4, 0.5) is 5.69 Å². The number of hydrogen-bond donors (Lipinski definition) is 0. The maximum atomic E-state index is 12.3. The normalized spacial score (nSPS) is 21.0. The Morgan fingerprint density at radius 3 is 2.76 bits per heavy atom. The van der Waals surface area contributed by atoms with Crippen LogP contribution in [0.15, 0.2) is 35.5 Å². The first kappa shape index (κ1) is 13.9. The number of nitriles is 1. The molecule has 0 N–H and O–H groups in total. The largest absolute Gasteiger partial charge is 0.343 e. The highest BCUT2D eigenvalue weighted by Gasteiger charge is 2.36. The molecule has 0 amide bonds. The summed E-state index contributed by atoms with van der Waals surface area (Å²) in [5.74, 6) is -0.00759. The number of anilines is 1. The highest BCUT2D eigenvalue weighted by Crippen LogP contribution is 2.41. The van der Waals surface area contributed by atoms with Crippen LogP contribution in [-0.2, 0) is 11.2 Å². The number of carbonyl (C=O) groups is 1. The summed E-state index contributed by atoms with van der Waals surface area (Å²) in [7, 11) is 0. The summed E-state index contributed by atoms with van der Waals surface area (Å²) in [6, 6.07) is 10.5. The fourth-order valence-corrected chi connectivity index (χ4v) is 3.46. The van der Waals surface area contributed by atoms with E-state index in [2.05, 4.69) is 43.0 Å². The molecule has 0 spiro atoms. The molecule has 0 atom stereocenters. The van der Waals surface area contributed by atoms with Crippen LogP contribution in [0.1, 0.15) is 38.7 Å². The minimum Gasteiger partial charge on any atom is -0.343 e. The molecule has 3 rings (SSSR count). The predicted molar refractivity (Wildman–Crippen MR) is 82.8 cm³/mol. The fourth-order valence-electron chi connectivity index (χ4n) is 3.46. The molecule has 2 aliphatic rings. The van der Waals surface area contributed by atoms with Crippen molar-refractivity contribution in [2.24, 2.45) is 5.41 Å². The van der Waals surface area contributed by atoms with Crippen molar-refractivity contribution in [2.45, 2.75) is 39.5 Å². The van der Waals surface area contributed by atoms with Gasteiger partial charge in [-0.3, -0.25) is 4.79 Å². The van der Waals surface area contributed by atoms with Gasteiger partial charge in [0.05, 0.1) is 0 Å². The zero-order valence-electron chi connectivity index (χ0n) is 12.6. The van der Waals surface area contributed by atoms with Crippen LogP contribution in [0.3, 0.4) is 0 Å². The van der Waals surface area contributed by atoms with Gasteiger partial charge in [0.25, 0.3) is 0 Å². The highest BCUT2D eigenvalue weighted by molar-refractivity contribution is 6.01. The van der Waals surface area contributed by atoms with Crippen LogP contribution < -0.4 is 4.90 Å². The maximum Gasteiger partial charge on any atom is 0.175 e. The van der Waals surface area contributed by atoms with Gasteiger partial charge in [-0.15, -0.1) is 0 Å². The van der Waals surface area contributed by atoms with Crippen molar-refractivity contribution in [3.05, 3.63) is 41.1 Å². The molecule has 0 unspecified atom stereocenters. The lowest BCUT2D eigenvalue weighted by molar-refractivity contribution is -0.117. The van der Waals surface area contributed by atoms with Crippen molar-refractivity contribution < 1.29 is 4.79 Å². The van der Waals surface area contributed by atoms with Crippen LogP contribution in [0, 0.1) is 16.7 Å². The van der Waals surface area contributed by atoms with E-state index >= 15 is 0 Å². The fraction of sp³-hybridized carbons (Fsp3) is 0.444. The molecule has 0 saturated carbocycles. The Bertz CT molecular complexity index is 664. The van der Waals surface area contributed by atoms with Crippen LogP contribution >= 0.6 is 0 Å². The van der Waals surface area contributed by atoms with Crippen molar-refractivity contribution >= 4 is 11.5 Å². The molecule has 3 nitrogen and oxygen atoms in total. The quantitative estimate of drug-likeness (QED) is 0.789. The lowest BCUT2D eigenvalue weighted by Crippen LogP contribution is -2.36. The molecule has 3 heteroatoms. The van der Waals surface area contributed by atoms with E-state index in [0.29, 0.717) is 12.0 Å². The summed E-state index contributed by atoms with van der Waals surface area (Å²) < 4.78 is 0. The summed E-state index contributed by atoms with van der Waals surface area (Å²) in [6.45, 7) is 5.10. The predicted octanol–water partition coefficient (Wildman–Crippen LogP) is 3.61. The first-order valence-corrected chi connectivity index (χ1v) is 7.54. The van der Waals surface area contributed by atoms with Gasteiger partial charge in [0.15, 0.2) is 5.78 Å². The topological polar surface area (TPSA) is 44.1 Å². The van der Waals surface area contributed by atoms with Crippen LogP contribution in [0.25, 0.3) is 0 Å². The van der Waals surface area contributed by atoms with Gasteiger partial charge in [0.1, 0.15) is 11.6 Å². The summed E-state index contributed by atoms with van der Waals surface area (Å²) >= 11 is 0. The van der Waals surface area contributed by atoms with Crippen molar-refractivity contribution in [3.8, 4) is 6.07 Å². The molecule has 1 aliphatic heterocycles. The average Bonchev–Trinajstić information content (AvgIpc) is 2.45. The number of carbonyl (C=O) groups excluding carboxylic acids is 1. The van der Waals surface area contributed by atoms with Crippen molar-refractivity contribution in [1.82, 2.24) is 0 Å². The van der Waals surface area contributed by atoms with Gasteiger partial charge in [-0.05, 0) is 36.3 Å². The second-order valence-corrected chi connectivity index (χ2v) is 6.76. The summed E-state index contributed by atoms with van der Waals surface area (Å²) in [6.07, 6.45) is 3.39. The molecule has 0 radical (unpaired) electrons. The Morgan fingerprint density at radius 1 is 1.24 bits per heavy atom. The number of allylic oxidation sites excluding steroid dienone is 2. The lowest BCUT2D eigenvalue weighted by atomic mass is 9.75. The first-order valence-electron chi connectivity index (χ1n) is 7.54. The van der Waals surface area contributed by atoms with Crippen molar-refractivity contribution in [3.63, 3.8) is 0 Å². The second kappa shape index (κ2) is 5.04. The number of para-hydroxylation sites is 1. The average molecular weight is 280 g/mol. The Kier molecular flexibility index (Phi) is 3.33.